The maximum atomic E-state index is 4.40. The topological polar surface area (TPSA) is 18.5 Å². The molecule has 1 saturated heterocycles. The number of likely N-dealkylation sites (tertiary alicyclic amines) is 1. The highest BCUT2D eigenvalue weighted by molar-refractivity contribution is 5.71. The van der Waals surface area contributed by atoms with Gasteiger partial charge < -0.3 is 10.2 Å². The molecule has 0 spiro atoms. The summed E-state index contributed by atoms with van der Waals surface area (Å²) in [6, 6.07) is 16.1. The fourth-order valence-corrected chi connectivity index (χ4v) is 7.70. The average Bonchev–Trinajstić information content (AvgIpc) is 3.54. The minimum absolute atomic E-state index is 0.285. The fraction of sp³-hybridized carbons (Fsp3) is 0.571. The third-order valence-corrected chi connectivity index (χ3v) is 11.1. The zero-order valence-electron chi connectivity index (χ0n) is 29.9. The van der Waals surface area contributed by atoms with Gasteiger partial charge in [-0.05, 0) is 145 Å². The van der Waals surface area contributed by atoms with Crippen molar-refractivity contribution < 1.29 is 0 Å². The van der Waals surface area contributed by atoms with Crippen LogP contribution in [0.1, 0.15) is 109 Å². The SMILES string of the molecule is C=C(NCC1(N(C)C)CCCC1)C(C)=CC/C(C)=C(\CC)CC1CCN(Cc2ccc(C)c(-c3ccccc3CCC)c2)CC1. The second-order valence-electron chi connectivity index (χ2n) is 14.5. The largest absolute Gasteiger partial charge is 0.383 e. The van der Waals surface area contributed by atoms with Crippen LogP contribution in [0.25, 0.3) is 11.1 Å². The monoisotopic (exact) mass is 610 g/mol. The van der Waals surface area contributed by atoms with Crippen LogP contribution in [-0.4, -0.2) is 49.1 Å². The van der Waals surface area contributed by atoms with Crippen LogP contribution in [0.5, 0.6) is 0 Å². The highest BCUT2D eigenvalue weighted by Gasteiger charge is 2.35. The lowest BCUT2D eigenvalue weighted by Gasteiger charge is -2.37. The molecule has 1 saturated carbocycles. The Balaban J connectivity index is 1.28. The van der Waals surface area contributed by atoms with E-state index in [2.05, 4.69) is 119 Å². The van der Waals surface area contributed by atoms with Gasteiger partial charge in [0.25, 0.3) is 0 Å². The summed E-state index contributed by atoms with van der Waals surface area (Å²) in [4.78, 5) is 5.11. The second-order valence-corrected chi connectivity index (χ2v) is 14.5. The number of aryl methyl sites for hydroxylation is 2. The molecular formula is C42H63N3. The molecule has 4 rings (SSSR count). The van der Waals surface area contributed by atoms with Crippen LogP contribution in [-0.2, 0) is 13.0 Å². The Morgan fingerprint density at radius 3 is 2.40 bits per heavy atom. The number of nitrogens with zero attached hydrogens (tertiary/aromatic N) is 2. The lowest BCUT2D eigenvalue weighted by Crippen LogP contribution is -2.49. The van der Waals surface area contributed by atoms with Gasteiger partial charge >= 0.3 is 0 Å². The van der Waals surface area contributed by atoms with Crippen molar-refractivity contribution in [3.8, 4) is 11.1 Å². The van der Waals surface area contributed by atoms with E-state index in [-0.39, 0.29) is 5.54 Å². The van der Waals surface area contributed by atoms with Gasteiger partial charge in [0.2, 0.25) is 0 Å². The highest BCUT2D eigenvalue weighted by Crippen LogP contribution is 2.34. The van der Waals surface area contributed by atoms with Crippen LogP contribution in [0.3, 0.4) is 0 Å². The highest BCUT2D eigenvalue weighted by atomic mass is 15.2. The van der Waals surface area contributed by atoms with E-state index >= 15 is 0 Å². The Kier molecular flexibility index (Phi) is 13.2. The molecule has 1 aliphatic heterocycles. The molecular weight excluding hydrogens is 546 g/mol. The molecule has 3 heteroatoms. The minimum Gasteiger partial charge on any atom is -0.383 e. The normalized spacial score (nSPS) is 18.4. The van der Waals surface area contributed by atoms with Crippen LogP contribution >= 0.6 is 0 Å². The first-order valence-electron chi connectivity index (χ1n) is 18.0. The van der Waals surface area contributed by atoms with Gasteiger partial charge in [-0.3, -0.25) is 4.90 Å². The van der Waals surface area contributed by atoms with E-state index in [9.17, 15) is 0 Å². The molecule has 246 valence electrons. The van der Waals surface area contributed by atoms with E-state index in [1.807, 2.05) is 0 Å². The summed E-state index contributed by atoms with van der Waals surface area (Å²) in [5.74, 6) is 0.802. The third kappa shape index (κ3) is 9.46. The zero-order chi connectivity index (χ0) is 32.4. The molecule has 1 aliphatic carbocycles. The van der Waals surface area contributed by atoms with Crippen molar-refractivity contribution >= 4 is 0 Å². The van der Waals surface area contributed by atoms with Crippen molar-refractivity contribution in [2.24, 2.45) is 5.92 Å². The summed E-state index contributed by atoms with van der Waals surface area (Å²) in [6.07, 6.45) is 16.0. The van der Waals surface area contributed by atoms with Crippen molar-refractivity contribution in [3.05, 3.63) is 94.2 Å². The summed E-state index contributed by atoms with van der Waals surface area (Å²) in [6.45, 7) is 20.3. The van der Waals surface area contributed by atoms with E-state index in [1.54, 1.807) is 11.1 Å². The Bertz CT molecular complexity index is 1320. The average molecular weight is 610 g/mol. The maximum absolute atomic E-state index is 4.40. The first-order valence-corrected chi connectivity index (χ1v) is 18.0. The quantitative estimate of drug-likeness (QED) is 0.160. The zero-order valence-corrected chi connectivity index (χ0v) is 29.9. The van der Waals surface area contributed by atoms with Crippen molar-refractivity contribution in [1.29, 1.82) is 0 Å². The summed E-state index contributed by atoms with van der Waals surface area (Å²) >= 11 is 0. The van der Waals surface area contributed by atoms with Crippen molar-refractivity contribution in [2.45, 2.75) is 117 Å². The number of piperidine rings is 1. The molecule has 0 bridgehead atoms. The molecule has 0 unspecified atom stereocenters. The fourth-order valence-electron chi connectivity index (χ4n) is 7.70. The summed E-state index contributed by atoms with van der Waals surface area (Å²) in [7, 11) is 4.47. The predicted molar refractivity (Wildman–Crippen MR) is 197 cm³/mol. The van der Waals surface area contributed by atoms with Crippen LogP contribution in [0, 0.1) is 12.8 Å². The Hall–Kier alpha value is -2.62. The van der Waals surface area contributed by atoms with Crippen molar-refractivity contribution in [2.75, 3.05) is 33.7 Å². The van der Waals surface area contributed by atoms with Crippen molar-refractivity contribution in [1.82, 2.24) is 15.1 Å². The minimum atomic E-state index is 0.285. The van der Waals surface area contributed by atoms with Gasteiger partial charge in [-0.2, -0.15) is 0 Å². The van der Waals surface area contributed by atoms with Crippen LogP contribution in [0.15, 0.2) is 77.5 Å². The number of allylic oxidation sites excluding steroid dienone is 4. The summed E-state index contributed by atoms with van der Waals surface area (Å²) < 4.78 is 0. The number of likely N-dealkylation sites (N-methyl/N-ethyl adjacent to an activating group) is 1. The Morgan fingerprint density at radius 1 is 1.02 bits per heavy atom. The molecule has 0 aromatic heterocycles. The lowest BCUT2D eigenvalue weighted by atomic mass is 9.86. The summed E-state index contributed by atoms with van der Waals surface area (Å²) in [5.41, 5.74) is 13.0. The number of hydrogen-bond donors (Lipinski definition) is 1. The summed E-state index contributed by atoms with van der Waals surface area (Å²) in [5, 5.41) is 3.70. The molecule has 2 aromatic rings. The molecule has 3 nitrogen and oxygen atoms in total. The predicted octanol–water partition coefficient (Wildman–Crippen LogP) is 10.3. The van der Waals surface area contributed by atoms with E-state index < -0.39 is 0 Å². The standard InChI is InChI=1S/C42H63N3/c1-9-15-39-16-11-12-17-40(39)41-29-37(21-20-34(41)5)30-45-26-22-36(23-27-45)28-38(10-2)33(4)19-18-32(3)35(6)43-31-42(44(7)8)24-13-14-25-42/h11-12,16-18,20-21,29,36,43H,6,9-10,13-15,19,22-28,30-31H2,1-5,7-8H3/b32-18?,38-33+. The smallest absolute Gasteiger partial charge is 0.0375 e. The maximum Gasteiger partial charge on any atom is 0.0375 e. The van der Waals surface area contributed by atoms with Gasteiger partial charge in [0.1, 0.15) is 0 Å². The molecule has 2 fully saturated rings. The number of nitrogens with one attached hydrogen (secondary N) is 1. The second kappa shape index (κ2) is 16.8. The van der Waals surface area contributed by atoms with Gasteiger partial charge in [0.15, 0.2) is 0 Å². The Morgan fingerprint density at radius 2 is 1.73 bits per heavy atom. The van der Waals surface area contributed by atoms with Crippen LogP contribution in [0.4, 0.5) is 0 Å². The van der Waals surface area contributed by atoms with Crippen LogP contribution in [0.2, 0.25) is 0 Å². The van der Waals surface area contributed by atoms with E-state index in [0.717, 1.165) is 44.0 Å². The van der Waals surface area contributed by atoms with Gasteiger partial charge in [-0.15, -0.1) is 0 Å². The van der Waals surface area contributed by atoms with Crippen LogP contribution < -0.4 is 5.32 Å². The molecule has 0 amide bonds. The molecule has 0 atom stereocenters. The van der Waals surface area contributed by atoms with E-state index in [1.165, 1.54) is 97.8 Å². The lowest BCUT2D eigenvalue weighted by molar-refractivity contribution is 0.158. The van der Waals surface area contributed by atoms with Gasteiger partial charge in [0.05, 0.1) is 0 Å². The van der Waals surface area contributed by atoms with Gasteiger partial charge in [-0.25, -0.2) is 0 Å². The molecule has 0 radical (unpaired) electrons. The van der Waals surface area contributed by atoms with Crippen molar-refractivity contribution in [3.63, 3.8) is 0 Å². The molecule has 2 aliphatic rings. The number of rotatable bonds is 15. The first-order chi connectivity index (χ1) is 21.7. The molecule has 45 heavy (non-hydrogen) atoms. The molecule has 1 N–H and O–H groups in total. The number of benzene rings is 2. The van der Waals surface area contributed by atoms with Gasteiger partial charge in [0, 0.05) is 24.3 Å². The first kappa shape index (κ1) is 35.2. The van der Waals surface area contributed by atoms with Gasteiger partial charge in [-0.1, -0.05) is 93.3 Å². The molecule has 1 heterocycles. The molecule has 2 aromatic carbocycles. The van der Waals surface area contributed by atoms with E-state index in [0.29, 0.717) is 0 Å². The Labute approximate surface area is 276 Å². The number of hydrogen-bond acceptors (Lipinski definition) is 3. The third-order valence-electron chi connectivity index (χ3n) is 11.1. The van der Waals surface area contributed by atoms with E-state index in [4.69, 9.17) is 0 Å².